The lowest BCUT2D eigenvalue weighted by Crippen LogP contribution is -2.24. The number of rotatable bonds is 4. The van der Waals surface area contributed by atoms with Crippen LogP contribution in [-0.4, -0.2) is 10.3 Å². The molecule has 9 aromatic rings. The Hall–Kier alpha value is -7.17. The zero-order chi connectivity index (χ0) is 35.6. The topological polar surface area (TPSA) is 38.5 Å². The van der Waals surface area contributed by atoms with Gasteiger partial charge in [0, 0.05) is 33.1 Å². The quantitative estimate of drug-likeness (QED) is 0.199. The summed E-state index contributed by atoms with van der Waals surface area (Å²) < 4.78 is 9.47. The number of aliphatic imine (C=N–C) groups is 1. The molecule has 0 saturated heterocycles. The van der Waals surface area contributed by atoms with Gasteiger partial charge >= 0.3 is 0 Å². The van der Waals surface area contributed by atoms with Gasteiger partial charge in [-0.15, -0.1) is 0 Å². The summed E-state index contributed by atoms with van der Waals surface area (Å²) in [5, 5.41) is 8.43. The van der Waals surface area contributed by atoms with Gasteiger partial charge in [-0.2, -0.15) is 0 Å². The summed E-state index contributed by atoms with van der Waals surface area (Å²) in [4.78, 5) is 5.24. The van der Waals surface area contributed by atoms with Crippen LogP contribution in [0, 0.1) is 0 Å². The maximum atomic E-state index is 7.04. The van der Waals surface area contributed by atoms with Gasteiger partial charge in [-0.25, -0.2) is 0 Å². The maximum Gasteiger partial charge on any atom is 0.145 e. The van der Waals surface area contributed by atoms with Crippen LogP contribution >= 0.6 is 0 Å². The molecule has 0 amide bonds. The van der Waals surface area contributed by atoms with Gasteiger partial charge in [-0.1, -0.05) is 158 Å². The first-order chi connectivity index (χ1) is 26.8. The maximum absolute atomic E-state index is 7.04. The van der Waals surface area contributed by atoms with Crippen molar-refractivity contribution in [3.8, 4) is 39.4 Å². The summed E-state index contributed by atoms with van der Waals surface area (Å²) in [7, 11) is 0. The van der Waals surface area contributed by atoms with Crippen molar-refractivity contribution < 1.29 is 4.74 Å². The molecule has 4 heteroatoms. The van der Waals surface area contributed by atoms with E-state index in [0.717, 1.165) is 84.0 Å². The minimum absolute atomic E-state index is 0.258. The number of hydrogen-bond acceptors (Lipinski definition) is 3. The molecule has 2 aliphatic rings. The van der Waals surface area contributed by atoms with E-state index in [1.54, 1.807) is 0 Å². The van der Waals surface area contributed by atoms with Crippen molar-refractivity contribution >= 4 is 44.0 Å². The van der Waals surface area contributed by atoms with E-state index in [1.165, 1.54) is 16.2 Å². The average molecular weight is 692 g/mol. The first-order valence-electron chi connectivity index (χ1n) is 18.4. The number of nitrogens with one attached hydrogen (secondary N) is 1. The second-order valence-electron chi connectivity index (χ2n) is 13.9. The van der Waals surface area contributed by atoms with Crippen molar-refractivity contribution in [2.45, 2.75) is 6.17 Å². The van der Waals surface area contributed by atoms with Crippen LogP contribution in [-0.2, 0) is 0 Å². The minimum atomic E-state index is -0.258. The van der Waals surface area contributed by atoms with Gasteiger partial charge in [0.15, 0.2) is 0 Å². The number of nitrogens with zero attached hydrogens (tertiary/aromatic N) is 2. The molecule has 2 aliphatic heterocycles. The lowest BCUT2D eigenvalue weighted by Gasteiger charge is -2.25. The Kier molecular flexibility index (Phi) is 6.89. The van der Waals surface area contributed by atoms with Gasteiger partial charge in [0.25, 0.3) is 0 Å². The van der Waals surface area contributed by atoms with E-state index in [2.05, 4.69) is 192 Å². The Morgan fingerprint density at radius 3 is 1.91 bits per heavy atom. The fourth-order valence-electron chi connectivity index (χ4n) is 8.39. The zero-order valence-electron chi connectivity index (χ0n) is 29.3. The lowest BCUT2D eigenvalue weighted by molar-refractivity contribution is 0.494. The van der Waals surface area contributed by atoms with Crippen LogP contribution in [0.4, 0.5) is 0 Å². The predicted molar refractivity (Wildman–Crippen MR) is 223 cm³/mol. The highest BCUT2D eigenvalue weighted by atomic mass is 16.5. The monoisotopic (exact) mass is 691 g/mol. The number of allylic oxidation sites excluding steroid dienone is 1. The second-order valence-corrected chi connectivity index (χ2v) is 13.9. The normalized spacial score (nSPS) is 14.6. The van der Waals surface area contributed by atoms with Gasteiger partial charge in [0.05, 0.1) is 22.3 Å². The molecule has 1 N–H and O–H groups in total. The van der Waals surface area contributed by atoms with Gasteiger partial charge in [0.2, 0.25) is 0 Å². The number of ether oxygens (including phenoxy) is 1. The molecule has 0 radical (unpaired) electrons. The average Bonchev–Trinajstić information content (AvgIpc) is 3.51. The van der Waals surface area contributed by atoms with Gasteiger partial charge in [-0.3, -0.25) is 4.99 Å². The number of aromatic nitrogens is 1. The highest BCUT2D eigenvalue weighted by Gasteiger charge is 2.29. The molecule has 0 spiro atoms. The fraction of sp³-hybridized carbons (Fsp3) is 0.0200. The van der Waals surface area contributed by atoms with Crippen LogP contribution in [0.5, 0.6) is 11.5 Å². The molecule has 0 bridgehead atoms. The van der Waals surface area contributed by atoms with Crippen LogP contribution in [0.3, 0.4) is 0 Å². The SMILES string of the molecule is C1=C(c2ccccc2)NC(c2ccc(-n3c4ccccc4c4c5ccccc5c5c(c43)-c3ccccc3-c3ccccc3O5)cc2)N=C1c1ccccc1. The Labute approximate surface area is 312 Å². The molecule has 0 fully saturated rings. The van der Waals surface area contributed by atoms with E-state index in [4.69, 9.17) is 9.73 Å². The molecule has 0 saturated carbocycles. The van der Waals surface area contributed by atoms with Crippen molar-refractivity contribution in [1.29, 1.82) is 0 Å². The van der Waals surface area contributed by atoms with E-state index >= 15 is 0 Å². The van der Waals surface area contributed by atoms with E-state index in [0.29, 0.717) is 0 Å². The van der Waals surface area contributed by atoms with E-state index in [9.17, 15) is 0 Å². The van der Waals surface area contributed by atoms with Crippen LogP contribution in [0.1, 0.15) is 22.9 Å². The summed E-state index contributed by atoms with van der Waals surface area (Å²) >= 11 is 0. The highest BCUT2D eigenvalue weighted by molar-refractivity contribution is 6.28. The van der Waals surface area contributed by atoms with Crippen LogP contribution in [0.2, 0.25) is 0 Å². The van der Waals surface area contributed by atoms with Gasteiger partial charge in [-0.05, 0) is 63.5 Å². The lowest BCUT2D eigenvalue weighted by atomic mass is 9.90. The molecule has 4 nitrogen and oxygen atoms in total. The Bertz CT molecular complexity index is 2980. The van der Waals surface area contributed by atoms with Gasteiger partial charge < -0.3 is 14.6 Å². The molecular weight excluding hydrogens is 659 g/mol. The number of hydrogen-bond donors (Lipinski definition) is 1. The summed E-state index contributed by atoms with van der Waals surface area (Å²) in [6.07, 6.45) is 1.90. The van der Waals surface area contributed by atoms with Gasteiger partial charge in [0.1, 0.15) is 17.7 Å². The summed E-state index contributed by atoms with van der Waals surface area (Å²) in [5.41, 5.74) is 13.2. The first kappa shape index (κ1) is 30.5. The molecule has 11 rings (SSSR count). The predicted octanol–water partition coefficient (Wildman–Crippen LogP) is 12.5. The molecule has 8 aromatic carbocycles. The van der Waals surface area contributed by atoms with Crippen molar-refractivity contribution in [2.75, 3.05) is 0 Å². The third-order valence-electron chi connectivity index (χ3n) is 10.8. The fourth-order valence-corrected chi connectivity index (χ4v) is 8.39. The molecule has 54 heavy (non-hydrogen) atoms. The minimum Gasteiger partial charge on any atom is -0.455 e. The van der Waals surface area contributed by atoms with Crippen LogP contribution < -0.4 is 10.1 Å². The Morgan fingerprint density at radius 1 is 0.519 bits per heavy atom. The van der Waals surface area contributed by atoms with E-state index < -0.39 is 0 Å². The molecule has 1 aromatic heterocycles. The third kappa shape index (κ3) is 4.74. The molecule has 3 heterocycles. The summed E-state index contributed by atoms with van der Waals surface area (Å²) in [5.74, 6) is 1.74. The molecule has 0 aliphatic carbocycles. The first-order valence-corrected chi connectivity index (χ1v) is 18.4. The van der Waals surface area contributed by atoms with E-state index in [1.807, 2.05) is 6.07 Å². The smallest absolute Gasteiger partial charge is 0.145 e. The van der Waals surface area contributed by atoms with Crippen molar-refractivity contribution in [3.05, 3.63) is 205 Å². The standard InChI is InChI=1S/C50H33N3O/c1-3-15-32(16-4-1)42-31-43(33-17-5-2-6-18-33)52-50(51-42)34-27-29-35(30-28-34)53-44-25-13-11-24-41(44)46-39-22-9-10-23-40(39)49-47(48(46)53)38-21-8-7-19-36(38)37-20-12-14-26-45(37)54-49/h1-31,50-51H. The second kappa shape index (κ2) is 12.2. The molecule has 1 unspecified atom stereocenters. The summed E-state index contributed by atoms with van der Waals surface area (Å²) in [6.45, 7) is 0. The molecule has 254 valence electrons. The Balaban J connectivity index is 1.14. The van der Waals surface area contributed by atoms with Crippen molar-refractivity contribution in [1.82, 2.24) is 9.88 Å². The number of fused-ring (bicyclic) bond motifs is 12. The number of benzene rings is 8. The van der Waals surface area contributed by atoms with E-state index in [-0.39, 0.29) is 6.17 Å². The highest BCUT2D eigenvalue weighted by Crippen LogP contribution is 2.54. The third-order valence-corrected chi connectivity index (χ3v) is 10.8. The van der Waals surface area contributed by atoms with Crippen LogP contribution in [0.15, 0.2) is 193 Å². The van der Waals surface area contributed by atoms with Crippen molar-refractivity contribution in [3.63, 3.8) is 0 Å². The Morgan fingerprint density at radius 2 is 1.13 bits per heavy atom. The number of para-hydroxylation sites is 2. The molecule has 1 atom stereocenters. The van der Waals surface area contributed by atoms with Crippen LogP contribution in [0.25, 0.3) is 66.2 Å². The zero-order valence-corrected chi connectivity index (χ0v) is 29.3. The van der Waals surface area contributed by atoms with Crippen molar-refractivity contribution in [2.24, 2.45) is 4.99 Å². The molecular formula is C50H33N3O. The summed E-state index contributed by atoms with van der Waals surface area (Å²) in [6, 6.07) is 64.4. The largest absolute Gasteiger partial charge is 0.455 e.